The van der Waals surface area contributed by atoms with Crippen LogP contribution in [0.4, 0.5) is 0 Å². The molecule has 6 heteroatoms. The summed E-state index contributed by atoms with van der Waals surface area (Å²) in [5.74, 6) is 1.53. The third-order valence-electron chi connectivity index (χ3n) is 4.24. The lowest BCUT2D eigenvalue weighted by Crippen LogP contribution is -2.38. The highest BCUT2D eigenvalue weighted by atomic mass is 16.5. The molecular formula is C18H28N2O4. The molecule has 1 heterocycles. The molecule has 2 rings (SSSR count). The molecule has 0 spiro atoms. The molecule has 134 valence electrons. The summed E-state index contributed by atoms with van der Waals surface area (Å²) >= 11 is 0. The highest BCUT2D eigenvalue weighted by Crippen LogP contribution is 2.30. The molecule has 1 aromatic carbocycles. The number of likely N-dealkylation sites (N-methyl/N-ethyl adjacent to an activating group) is 1. The van der Waals surface area contributed by atoms with E-state index in [4.69, 9.17) is 14.2 Å². The second-order valence-corrected chi connectivity index (χ2v) is 6.13. The Morgan fingerprint density at radius 2 is 2.21 bits per heavy atom. The van der Waals surface area contributed by atoms with Gasteiger partial charge in [0.25, 0.3) is 0 Å². The van der Waals surface area contributed by atoms with Gasteiger partial charge in [0.1, 0.15) is 18.1 Å². The van der Waals surface area contributed by atoms with Crippen molar-refractivity contribution in [3.8, 4) is 11.5 Å². The van der Waals surface area contributed by atoms with Crippen LogP contribution < -0.4 is 14.8 Å². The van der Waals surface area contributed by atoms with Crippen LogP contribution in [0.2, 0.25) is 0 Å². The van der Waals surface area contributed by atoms with Gasteiger partial charge in [0, 0.05) is 26.3 Å². The Bertz CT molecular complexity index is 536. The number of hydrogen-bond donors (Lipinski definition) is 1. The van der Waals surface area contributed by atoms with Crippen molar-refractivity contribution >= 4 is 5.91 Å². The van der Waals surface area contributed by atoms with Crippen molar-refractivity contribution in [2.24, 2.45) is 5.92 Å². The average Bonchev–Trinajstić information content (AvgIpc) is 2.62. The molecule has 0 saturated carbocycles. The molecule has 0 bridgehead atoms. The van der Waals surface area contributed by atoms with Gasteiger partial charge in [-0.1, -0.05) is 6.07 Å². The minimum absolute atomic E-state index is 0.0658. The van der Waals surface area contributed by atoms with E-state index in [-0.39, 0.29) is 11.8 Å². The van der Waals surface area contributed by atoms with Gasteiger partial charge >= 0.3 is 0 Å². The number of methoxy groups -OCH3 is 2. The lowest BCUT2D eigenvalue weighted by Gasteiger charge is -2.25. The van der Waals surface area contributed by atoms with Gasteiger partial charge in [0.2, 0.25) is 5.91 Å². The van der Waals surface area contributed by atoms with Crippen LogP contribution in [0.25, 0.3) is 0 Å². The molecule has 1 unspecified atom stereocenters. The number of amides is 1. The summed E-state index contributed by atoms with van der Waals surface area (Å²) < 4.78 is 16.0. The first-order chi connectivity index (χ1) is 11.6. The Hall–Kier alpha value is -1.79. The molecule has 1 aliphatic heterocycles. The van der Waals surface area contributed by atoms with E-state index in [1.54, 1.807) is 14.2 Å². The van der Waals surface area contributed by atoms with Crippen LogP contribution >= 0.6 is 0 Å². The molecule has 0 aromatic heterocycles. The van der Waals surface area contributed by atoms with E-state index in [1.807, 2.05) is 18.2 Å². The fourth-order valence-corrected chi connectivity index (χ4v) is 2.71. The van der Waals surface area contributed by atoms with Crippen LogP contribution in [0, 0.1) is 5.92 Å². The summed E-state index contributed by atoms with van der Waals surface area (Å²) in [6.45, 7) is 3.67. The molecule has 1 atom stereocenters. The first-order valence-corrected chi connectivity index (χ1v) is 8.39. The zero-order valence-corrected chi connectivity index (χ0v) is 14.8. The number of ether oxygens (including phenoxy) is 3. The summed E-state index contributed by atoms with van der Waals surface area (Å²) in [6, 6.07) is 5.75. The maximum absolute atomic E-state index is 12.3. The van der Waals surface area contributed by atoms with Crippen LogP contribution in [0.15, 0.2) is 18.2 Å². The topological polar surface area (TPSA) is 60.0 Å². The monoisotopic (exact) mass is 336 g/mol. The average molecular weight is 336 g/mol. The molecule has 0 aliphatic carbocycles. The van der Waals surface area contributed by atoms with Gasteiger partial charge in [-0.3, -0.25) is 4.79 Å². The van der Waals surface area contributed by atoms with Gasteiger partial charge in [-0.25, -0.2) is 0 Å². The number of carbonyl (C=O) groups is 1. The Morgan fingerprint density at radius 1 is 1.38 bits per heavy atom. The Morgan fingerprint density at radius 3 is 2.96 bits per heavy atom. The van der Waals surface area contributed by atoms with E-state index in [2.05, 4.69) is 17.3 Å². The van der Waals surface area contributed by atoms with Crippen molar-refractivity contribution in [2.45, 2.75) is 12.8 Å². The van der Waals surface area contributed by atoms with Crippen molar-refractivity contribution in [3.63, 3.8) is 0 Å². The maximum atomic E-state index is 12.3. The van der Waals surface area contributed by atoms with E-state index in [1.165, 1.54) is 0 Å². The molecule has 1 amide bonds. The third kappa shape index (κ3) is 5.39. The van der Waals surface area contributed by atoms with Crippen LogP contribution in [0.5, 0.6) is 11.5 Å². The van der Waals surface area contributed by atoms with Gasteiger partial charge in [-0.05, 0) is 38.1 Å². The van der Waals surface area contributed by atoms with Crippen molar-refractivity contribution in [2.75, 3.05) is 54.1 Å². The third-order valence-corrected chi connectivity index (χ3v) is 4.24. The van der Waals surface area contributed by atoms with Crippen LogP contribution in [-0.2, 0) is 16.0 Å². The smallest absolute Gasteiger partial charge is 0.226 e. The molecule has 1 N–H and O–H groups in total. The van der Waals surface area contributed by atoms with Gasteiger partial charge in [-0.2, -0.15) is 0 Å². The van der Waals surface area contributed by atoms with Gasteiger partial charge in [0.15, 0.2) is 0 Å². The number of nitrogens with zero attached hydrogens (tertiary/aromatic N) is 1. The zero-order valence-electron chi connectivity index (χ0n) is 14.8. The summed E-state index contributed by atoms with van der Waals surface area (Å²) in [4.78, 5) is 14.5. The first kappa shape index (κ1) is 18.5. The largest absolute Gasteiger partial charge is 0.497 e. The zero-order chi connectivity index (χ0) is 17.4. The molecule has 1 aliphatic rings. The van der Waals surface area contributed by atoms with E-state index in [0.29, 0.717) is 19.6 Å². The van der Waals surface area contributed by atoms with Gasteiger partial charge in [-0.15, -0.1) is 0 Å². The molecular weight excluding hydrogens is 308 g/mol. The van der Waals surface area contributed by atoms with E-state index in [9.17, 15) is 4.79 Å². The normalized spacial score (nSPS) is 16.4. The molecule has 0 fully saturated rings. The maximum Gasteiger partial charge on any atom is 0.226 e. The van der Waals surface area contributed by atoms with Crippen LogP contribution in [-0.4, -0.2) is 64.9 Å². The number of benzene rings is 1. The van der Waals surface area contributed by atoms with E-state index in [0.717, 1.165) is 43.2 Å². The second-order valence-electron chi connectivity index (χ2n) is 6.13. The van der Waals surface area contributed by atoms with Crippen molar-refractivity contribution < 1.29 is 19.0 Å². The highest BCUT2D eigenvalue weighted by molar-refractivity contribution is 5.79. The molecule has 6 nitrogen and oxygen atoms in total. The lowest BCUT2D eigenvalue weighted by atomic mass is 9.96. The molecule has 0 radical (unpaired) electrons. The predicted octanol–water partition coefficient (Wildman–Crippen LogP) is 1.33. The summed E-state index contributed by atoms with van der Waals surface area (Å²) in [6.07, 6.45) is 1.63. The summed E-state index contributed by atoms with van der Waals surface area (Å²) in [5, 5.41) is 3.02. The fraction of sp³-hybridized carbons (Fsp3) is 0.611. The lowest BCUT2D eigenvalue weighted by molar-refractivity contribution is -0.126. The van der Waals surface area contributed by atoms with Crippen LogP contribution in [0.1, 0.15) is 12.0 Å². The number of rotatable bonds is 9. The highest BCUT2D eigenvalue weighted by Gasteiger charge is 2.26. The van der Waals surface area contributed by atoms with Crippen LogP contribution in [0.3, 0.4) is 0 Å². The Kier molecular flexibility index (Phi) is 7.34. The minimum atomic E-state index is -0.128. The fourth-order valence-electron chi connectivity index (χ4n) is 2.71. The molecule has 1 aromatic rings. The second kappa shape index (κ2) is 9.49. The quantitative estimate of drug-likeness (QED) is 0.690. The number of nitrogens with one attached hydrogen (secondary N) is 1. The Balaban J connectivity index is 1.72. The van der Waals surface area contributed by atoms with E-state index < -0.39 is 0 Å². The van der Waals surface area contributed by atoms with Gasteiger partial charge in [0.05, 0.1) is 19.6 Å². The predicted molar refractivity (Wildman–Crippen MR) is 92.7 cm³/mol. The number of hydrogen-bond acceptors (Lipinski definition) is 5. The van der Waals surface area contributed by atoms with Gasteiger partial charge < -0.3 is 24.4 Å². The number of carbonyl (C=O) groups excluding carboxylic acids is 1. The van der Waals surface area contributed by atoms with E-state index >= 15 is 0 Å². The van der Waals surface area contributed by atoms with Crippen molar-refractivity contribution in [1.29, 1.82) is 0 Å². The van der Waals surface area contributed by atoms with Crippen molar-refractivity contribution in [3.05, 3.63) is 23.8 Å². The standard InChI is InChI=1S/C18H28N2O4/c1-20(9-10-22-2)8-4-7-19-18(21)15-11-14-5-6-16(23-3)12-17(14)24-13-15/h5-6,12,15H,4,7-11,13H2,1-3H3,(H,19,21). The first-order valence-electron chi connectivity index (χ1n) is 8.39. The Labute approximate surface area is 144 Å². The molecule has 0 saturated heterocycles. The van der Waals surface area contributed by atoms with Crippen molar-refractivity contribution in [1.82, 2.24) is 10.2 Å². The summed E-state index contributed by atoms with van der Waals surface area (Å²) in [7, 11) is 5.39. The summed E-state index contributed by atoms with van der Waals surface area (Å²) in [5.41, 5.74) is 1.06. The minimum Gasteiger partial charge on any atom is -0.497 e. The molecule has 24 heavy (non-hydrogen) atoms. The SMILES string of the molecule is COCCN(C)CCCNC(=O)C1COc2cc(OC)ccc2C1. The number of fused-ring (bicyclic) bond motifs is 1.